The average Bonchev–Trinajstić information content (AvgIpc) is 2.59. The Labute approximate surface area is 145 Å². The van der Waals surface area contributed by atoms with Gasteiger partial charge in [-0.1, -0.05) is 42.5 Å². The van der Waals surface area contributed by atoms with E-state index in [0.29, 0.717) is 5.69 Å². The fraction of sp³-hybridized carbons (Fsp3) is 0.150. The third kappa shape index (κ3) is 3.83. The standard InChI is InChI=1S/C20H19N3O2/c1-14-7-3-5-9-16(14)18-11-12-20(25)23(22-18)13-19(24)21-17-10-6-4-8-15(17)2/h3-12H,13H2,1-2H3,(H,21,24). The monoisotopic (exact) mass is 333 g/mol. The van der Waals surface area contributed by atoms with E-state index in [-0.39, 0.29) is 18.0 Å². The molecule has 0 spiro atoms. The van der Waals surface area contributed by atoms with Crippen molar-refractivity contribution < 1.29 is 4.79 Å². The van der Waals surface area contributed by atoms with Crippen LogP contribution in [0.15, 0.2) is 65.5 Å². The number of anilines is 1. The van der Waals surface area contributed by atoms with Gasteiger partial charge in [-0.15, -0.1) is 0 Å². The highest BCUT2D eigenvalue weighted by atomic mass is 16.2. The van der Waals surface area contributed by atoms with E-state index in [1.807, 2.05) is 62.4 Å². The van der Waals surface area contributed by atoms with E-state index < -0.39 is 0 Å². The normalized spacial score (nSPS) is 10.5. The molecule has 126 valence electrons. The van der Waals surface area contributed by atoms with Crippen LogP contribution in [0, 0.1) is 13.8 Å². The van der Waals surface area contributed by atoms with E-state index in [1.54, 1.807) is 6.07 Å². The van der Waals surface area contributed by atoms with Crippen molar-refractivity contribution in [2.45, 2.75) is 20.4 Å². The molecule has 0 aliphatic rings. The topological polar surface area (TPSA) is 64.0 Å². The van der Waals surface area contributed by atoms with Crippen molar-refractivity contribution in [3.8, 4) is 11.3 Å². The number of nitrogens with one attached hydrogen (secondary N) is 1. The highest BCUT2D eigenvalue weighted by Crippen LogP contribution is 2.19. The second-order valence-corrected chi connectivity index (χ2v) is 5.89. The zero-order valence-corrected chi connectivity index (χ0v) is 14.2. The molecule has 3 rings (SSSR count). The summed E-state index contributed by atoms with van der Waals surface area (Å²) in [4.78, 5) is 24.4. The van der Waals surface area contributed by atoms with Gasteiger partial charge in [0.05, 0.1) is 5.69 Å². The smallest absolute Gasteiger partial charge is 0.267 e. The molecule has 0 fully saturated rings. The number of aryl methyl sites for hydroxylation is 2. The first-order valence-electron chi connectivity index (χ1n) is 8.04. The molecule has 0 aliphatic heterocycles. The molecular formula is C20H19N3O2. The summed E-state index contributed by atoms with van der Waals surface area (Å²) in [7, 11) is 0. The summed E-state index contributed by atoms with van der Waals surface area (Å²) in [5.74, 6) is -0.286. The molecule has 5 nitrogen and oxygen atoms in total. The Morgan fingerprint density at radius 3 is 2.36 bits per heavy atom. The van der Waals surface area contributed by atoms with Gasteiger partial charge in [0.1, 0.15) is 6.54 Å². The number of carbonyl (C=O) groups is 1. The first kappa shape index (κ1) is 16.6. The number of rotatable bonds is 4. The predicted molar refractivity (Wildman–Crippen MR) is 98.5 cm³/mol. The van der Waals surface area contributed by atoms with Gasteiger partial charge in [0, 0.05) is 17.3 Å². The molecule has 0 bridgehead atoms. The molecule has 1 aromatic heterocycles. The van der Waals surface area contributed by atoms with Crippen LogP contribution >= 0.6 is 0 Å². The van der Waals surface area contributed by atoms with Crippen LogP contribution < -0.4 is 10.9 Å². The number of aromatic nitrogens is 2. The third-order valence-corrected chi connectivity index (χ3v) is 4.00. The van der Waals surface area contributed by atoms with Gasteiger partial charge < -0.3 is 5.32 Å². The zero-order valence-electron chi connectivity index (χ0n) is 14.2. The molecule has 25 heavy (non-hydrogen) atoms. The SMILES string of the molecule is Cc1ccccc1NC(=O)Cn1nc(-c2ccccc2C)ccc1=O. The van der Waals surface area contributed by atoms with Crippen LogP contribution in [0.4, 0.5) is 5.69 Å². The second-order valence-electron chi connectivity index (χ2n) is 5.89. The largest absolute Gasteiger partial charge is 0.324 e. The number of para-hydroxylation sites is 1. The maximum atomic E-state index is 12.3. The summed E-state index contributed by atoms with van der Waals surface area (Å²) in [5, 5.41) is 7.17. The molecule has 0 unspecified atom stereocenters. The van der Waals surface area contributed by atoms with E-state index in [1.165, 1.54) is 10.7 Å². The van der Waals surface area contributed by atoms with Crippen molar-refractivity contribution in [3.05, 3.63) is 82.1 Å². The van der Waals surface area contributed by atoms with Gasteiger partial charge in [0.15, 0.2) is 0 Å². The molecule has 0 radical (unpaired) electrons. The third-order valence-electron chi connectivity index (χ3n) is 4.00. The lowest BCUT2D eigenvalue weighted by molar-refractivity contribution is -0.117. The van der Waals surface area contributed by atoms with E-state index in [4.69, 9.17) is 0 Å². The molecule has 0 saturated heterocycles. The van der Waals surface area contributed by atoms with E-state index in [9.17, 15) is 9.59 Å². The Morgan fingerprint density at radius 2 is 1.64 bits per heavy atom. The summed E-state index contributed by atoms with van der Waals surface area (Å²) in [5.41, 5.74) is 4.05. The van der Waals surface area contributed by atoms with Crippen LogP contribution in [0.1, 0.15) is 11.1 Å². The maximum Gasteiger partial charge on any atom is 0.267 e. The fourth-order valence-corrected chi connectivity index (χ4v) is 2.61. The van der Waals surface area contributed by atoms with Gasteiger partial charge in [-0.2, -0.15) is 5.10 Å². The van der Waals surface area contributed by atoms with Crippen LogP contribution in [0.2, 0.25) is 0 Å². The van der Waals surface area contributed by atoms with Crippen LogP contribution in [-0.4, -0.2) is 15.7 Å². The van der Waals surface area contributed by atoms with Crippen LogP contribution in [0.3, 0.4) is 0 Å². The number of hydrogen-bond acceptors (Lipinski definition) is 3. The molecule has 1 N–H and O–H groups in total. The van der Waals surface area contributed by atoms with Gasteiger partial charge in [-0.3, -0.25) is 9.59 Å². The Kier molecular flexibility index (Phi) is 4.75. The minimum atomic E-state index is -0.308. The fourth-order valence-electron chi connectivity index (χ4n) is 2.61. The average molecular weight is 333 g/mol. The van der Waals surface area contributed by atoms with Gasteiger partial charge in [0.25, 0.3) is 5.56 Å². The van der Waals surface area contributed by atoms with Gasteiger partial charge in [-0.25, -0.2) is 4.68 Å². The van der Waals surface area contributed by atoms with Crippen LogP contribution in [0.5, 0.6) is 0 Å². The molecule has 0 aliphatic carbocycles. The minimum Gasteiger partial charge on any atom is -0.324 e. The Balaban J connectivity index is 1.84. The van der Waals surface area contributed by atoms with Crippen molar-refractivity contribution in [2.24, 2.45) is 0 Å². The van der Waals surface area contributed by atoms with E-state index in [2.05, 4.69) is 10.4 Å². The minimum absolute atomic E-state index is 0.132. The van der Waals surface area contributed by atoms with Crippen molar-refractivity contribution in [1.82, 2.24) is 9.78 Å². The Morgan fingerprint density at radius 1 is 0.960 bits per heavy atom. The number of carbonyl (C=O) groups excluding carboxylic acids is 1. The summed E-state index contributed by atoms with van der Waals surface area (Å²) in [6.45, 7) is 3.77. The van der Waals surface area contributed by atoms with Gasteiger partial charge in [0.2, 0.25) is 5.91 Å². The highest BCUT2D eigenvalue weighted by Gasteiger charge is 2.10. The van der Waals surface area contributed by atoms with Crippen molar-refractivity contribution in [1.29, 1.82) is 0 Å². The molecule has 1 amide bonds. The van der Waals surface area contributed by atoms with Crippen molar-refractivity contribution in [3.63, 3.8) is 0 Å². The highest BCUT2D eigenvalue weighted by molar-refractivity contribution is 5.91. The van der Waals surface area contributed by atoms with Crippen LogP contribution in [-0.2, 0) is 11.3 Å². The quantitative estimate of drug-likeness (QED) is 0.797. The first-order chi connectivity index (χ1) is 12.0. The maximum absolute atomic E-state index is 12.3. The zero-order chi connectivity index (χ0) is 17.8. The van der Waals surface area contributed by atoms with E-state index in [0.717, 1.165) is 22.4 Å². The summed E-state index contributed by atoms with van der Waals surface area (Å²) < 4.78 is 1.19. The van der Waals surface area contributed by atoms with Gasteiger partial charge >= 0.3 is 0 Å². The molecule has 0 atom stereocenters. The van der Waals surface area contributed by atoms with E-state index >= 15 is 0 Å². The number of hydrogen-bond donors (Lipinski definition) is 1. The number of amides is 1. The molecule has 1 heterocycles. The summed E-state index contributed by atoms with van der Waals surface area (Å²) in [6, 6.07) is 18.4. The predicted octanol–water partition coefficient (Wildman–Crippen LogP) is 3.17. The molecule has 0 saturated carbocycles. The number of benzene rings is 2. The lowest BCUT2D eigenvalue weighted by Gasteiger charge is -2.10. The molecule has 5 heteroatoms. The molecular weight excluding hydrogens is 314 g/mol. The van der Waals surface area contributed by atoms with Crippen LogP contribution in [0.25, 0.3) is 11.3 Å². The molecule has 3 aromatic rings. The Hall–Kier alpha value is -3.21. The van der Waals surface area contributed by atoms with Gasteiger partial charge in [-0.05, 0) is 37.1 Å². The first-order valence-corrected chi connectivity index (χ1v) is 8.04. The summed E-state index contributed by atoms with van der Waals surface area (Å²) >= 11 is 0. The number of nitrogens with zero attached hydrogens (tertiary/aromatic N) is 2. The van der Waals surface area contributed by atoms with Crippen molar-refractivity contribution in [2.75, 3.05) is 5.32 Å². The second kappa shape index (κ2) is 7.13. The molecule has 2 aromatic carbocycles. The van der Waals surface area contributed by atoms with Crippen molar-refractivity contribution >= 4 is 11.6 Å². The lowest BCUT2D eigenvalue weighted by atomic mass is 10.1. The summed E-state index contributed by atoms with van der Waals surface area (Å²) in [6.07, 6.45) is 0. The lowest BCUT2D eigenvalue weighted by Crippen LogP contribution is -2.29. The Bertz CT molecular complexity index is 976.